The first-order valence-electron chi connectivity index (χ1n) is 10.1. The molecule has 0 heterocycles. The molecule has 0 aliphatic carbocycles. The molecule has 0 spiro atoms. The van der Waals surface area contributed by atoms with E-state index in [4.69, 9.17) is 14.6 Å². The maximum atomic E-state index is 11.1. The molecule has 0 unspecified atom stereocenters. The van der Waals surface area contributed by atoms with Gasteiger partial charge >= 0.3 is 5.97 Å². The highest BCUT2D eigenvalue weighted by Gasteiger charge is 2.10. The maximum Gasteiger partial charge on any atom is 0.313 e. The van der Waals surface area contributed by atoms with E-state index in [1.807, 2.05) is 6.07 Å². The van der Waals surface area contributed by atoms with E-state index in [9.17, 15) is 9.59 Å². The van der Waals surface area contributed by atoms with Crippen LogP contribution in [0.2, 0.25) is 0 Å². The quantitative estimate of drug-likeness (QED) is 0.274. The largest absolute Gasteiger partial charge is 0.496 e. The Bertz CT molecular complexity index is 589. The van der Waals surface area contributed by atoms with Crippen LogP contribution in [0, 0.1) is 0 Å². The number of aldehydes is 1. The number of methoxy groups -OCH3 is 2. The van der Waals surface area contributed by atoms with E-state index in [2.05, 4.69) is 0 Å². The van der Waals surface area contributed by atoms with Crippen LogP contribution in [0.1, 0.15) is 73.7 Å². The molecule has 0 aromatic heterocycles. The zero-order valence-corrected chi connectivity index (χ0v) is 18.0. The van der Waals surface area contributed by atoms with Gasteiger partial charge in [0.25, 0.3) is 0 Å². The average molecular weight is 411 g/mol. The van der Waals surface area contributed by atoms with E-state index in [-0.39, 0.29) is 5.75 Å². The second-order valence-corrected chi connectivity index (χ2v) is 8.01. The second-order valence-electron chi connectivity index (χ2n) is 6.90. The zero-order valence-electron chi connectivity index (χ0n) is 17.2. The monoisotopic (exact) mass is 410 g/mol. The topological polar surface area (TPSA) is 72.8 Å². The summed E-state index contributed by atoms with van der Waals surface area (Å²) < 4.78 is 10.7. The lowest BCUT2D eigenvalue weighted by molar-refractivity contribution is -0.133. The molecule has 0 radical (unpaired) electrons. The summed E-state index contributed by atoms with van der Waals surface area (Å²) in [7, 11) is 3.21. The van der Waals surface area contributed by atoms with Crippen LogP contribution in [-0.4, -0.2) is 43.1 Å². The Morgan fingerprint density at radius 1 is 0.929 bits per heavy atom. The van der Waals surface area contributed by atoms with Gasteiger partial charge in [-0.15, -0.1) is 0 Å². The summed E-state index contributed by atoms with van der Waals surface area (Å²) in [6.07, 6.45) is 12.6. The molecule has 0 fully saturated rings. The number of hydrogen-bond donors (Lipinski definition) is 1. The van der Waals surface area contributed by atoms with E-state index >= 15 is 0 Å². The van der Waals surface area contributed by atoms with Crippen LogP contribution < -0.4 is 9.47 Å². The molecule has 1 aromatic carbocycles. The van der Waals surface area contributed by atoms with Crippen molar-refractivity contribution in [2.45, 2.75) is 64.2 Å². The third-order valence-electron chi connectivity index (χ3n) is 4.72. The number of carboxylic acids is 1. The first kappa shape index (κ1) is 24.3. The van der Waals surface area contributed by atoms with Crippen molar-refractivity contribution in [2.75, 3.05) is 25.7 Å². The number of aryl methyl sites for hydroxylation is 1. The summed E-state index contributed by atoms with van der Waals surface area (Å²) >= 11 is 1.51. The van der Waals surface area contributed by atoms with Crippen molar-refractivity contribution in [1.82, 2.24) is 0 Å². The first-order chi connectivity index (χ1) is 13.6. The fourth-order valence-electron chi connectivity index (χ4n) is 3.19. The van der Waals surface area contributed by atoms with Crippen molar-refractivity contribution in [3.05, 3.63) is 23.3 Å². The SMILES string of the molecule is COc1cc(CCCCCCCCCCCSCC(=O)O)c(OC)cc1C=O. The summed E-state index contributed by atoms with van der Waals surface area (Å²) in [6.45, 7) is 0. The number of carbonyl (C=O) groups excluding carboxylic acids is 1. The van der Waals surface area contributed by atoms with E-state index in [1.54, 1.807) is 20.3 Å². The van der Waals surface area contributed by atoms with Crippen LogP contribution in [0.25, 0.3) is 0 Å². The summed E-state index contributed by atoms with van der Waals surface area (Å²) in [5.41, 5.74) is 1.61. The lowest BCUT2D eigenvalue weighted by Crippen LogP contribution is -1.98. The average Bonchev–Trinajstić information content (AvgIpc) is 2.70. The van der Waals surface area contributed by atoms with Gasteiger partial charge in [-0.25, -0.2) is 0 Å². The van der Waals surface area contributed by atoms with E-state index < -0.39 is 5.97 Å². The zero-order chi connectivity index (χ0) is 20.6. The van der Waals surface area contributed by atoms with Gasteiger partial charge < -0.3 is 14.6 Å². The van der Waals surface area contributed by atoms with E-state index in [0.29, 0.717) is 11.3 Å². The van der Waals surface area contributed by atoms with Crippen molar-refractivity contribution in [2.24, 2.45) is 0 Å². The molecule has 1 N–H and O–H groups in total. The molecule has 0 aliphatic rings. The lowest BCUT2D eigenvalue weighted by atomic mass is 10.0. The Hall–Kier alpha value is -1.69. The van der Waals surface area contributed by atoms with Crippen molar-refractivity contribution in [3.8, 4) is 11.5 Å². The minimum Gasteiger partial charge on any atom is -0.496 e. The first-order valence-corrected chi connectivity index (χ1v) is 11.3. The van der Waals surface area contributed by atoms with Gasteiger partial charge in [0.2, 0.25) is 0 Å². The van der Waals surface area contributed by atoms with Crippen LogP contribution in [-0.2, 0) is 11.2 Å². The fraction of sp³-hybridized carbons (Fsp3) is 0.636. The molecular weight excluding hydrogens is 376 g/mol. The predicted molar refractivity (Wildman–Crippen MR) is 115 cm³/mol. The number of ether oxygens (including phenoxy) is 2. The van der Waals surface area contributed by atoms with Gasteiger partial charge in [-0.05, 0) is 42.7 Å². The van der Waals surface area contributed by atoms with E-state index in [1.165, 1.54) is 56.7 Å². The molecule has 5 nitrogen and oxygen atoms in total. The molecule has 28 heavy (non-hydrogen) atoms. The minimum atomic E-state index is -0.722. The molecule has 158 valence electrons. The van der Waals surface area contributed by atoms with Crippen molar-refractivity contribution < 1.29 is 24.2 Å². The molecular formula is C22H34O5S. The number of aliphatic carboxylic acids is 1. The van der Waals surface area contributed by atoms with Gasteiger partial charge in [0.1, 0.15) is 11.5 Å². The Morgan fingerprint density at radius 3 is 2.04 bits per heavy atom. The number of thioether (sulfide) groups is 1. The van der Waals surface area contributed by atoms with Crippen LogP contribution >= 0.6 is 11.8 Å². The Morgan fingerprint density at radius 2 is 1.50 bits per heavy atom. The Kier molecular flexibility index (Phi) is 13.3. The van der Waals surface area contributed by atoms with E-state index in [0.717, 1.165) is 42.6 Å². The second kappa shape index (κ2) is 15.3. The number of rotatable bonds is 17. The number of benzene rings is 1. The van der Waals surface area contributed by atoms with Gasteiger partial charge in [-0.1, -0.05) is 44.9 Å². The Balaban J connectivity index is 2.10. The molecule has 0 atom stereocenters. The summed E-state index contributed by atoms with van der Waals surface area (Å²) in [5, 5.41) is 8.57. The van der Waals surface area contributed by atoms with Crippen molar-refractivity contribution >= 4 is 24.0 Å². The lowest BCUT2D eigenvalue weighted by Gasteiger charge is -2.12. The van der Waals surface area contributed by atoms with Crippen LogP contribution in [0.15, 0.2) is 12.1 Å². The normalized spacial score (nSPS) is 10.6. The van der Waals surface area contributed by atoms with Gasteiger partial charge in [0, 0.05) is 0 Å². The fourth-order valence-corrected chi connectivity index (χ4v) is 3.92. The third kappa shape index (κ3) is 10.0. The molecule has 1 aromatic rings. The maximum absolute atomic E-state index is 11.1. The minimum absolute atomic E-state index is 0.222. The Labute approximate surface area is 173 Å². The van der Waals surface area contributed by atoms with Gasteiger partial charge in [-0.2, -0.15) is 11.8 Å². The van der Waals surface area contributed by atoms with Crippen LogP contribution in [0.5, 0.6) is 11.5 Å². The molecule has 1 rings (SSSR count). The molecule has 0 amide bonds. The van der Waals surface area contributed by atoms with Gasteiger partial charge in [0.15, 0.2) is 6.29 Å². The number of unbranched alkanes of at least 4 members (excludes halogenated alkanes) is 8. The summed E-state index contributed by atoms with van der Waals surface area (Å²) in [4.78, 5) is 21.5. The highest BCUT2D eigenvalue weighted by Crippen LogP contribution is 2.29. The van der Waals surface area contributed by atoms with Gasteiger partial charge in [0.05, 0.1) is 25.5 Å². The van der Waals surface area contributed by atoms with Crippen molar-refractivity contribution in [3.63, 3.8) is 0 Å². The molecule has 0 saturated carbocycles. The smallest absolute Gasteiger partial charge is 0.313 e. The molecule has 0 saturated heterocycles. The van der Waals surface area contributed by atoms with Crippen molar-refractivity contribution in [1.29, 1.82) is 0 Å². The summed E-state index contributed by atoms with van der Waals surface area (Å²) in [6, 6.07) is 3.67. The highest BCUT2D eigenvalue weighted by molar-refractivity contribution is 7.99. The highest BCUT2D eigenvalue weighted by atomic mass is 32.2. The number of carboxylic acid groups (broad SMARTS) is 1. The molecule has 6 heteroatoms. The van der Waals surface area contributed by atoms with Gasteiger partial charge in [-0.3, -0.25) is 9.59 Å². The van der Waals surface area contributed by atoms with Crippen LogP contribution in [0.4, 0.5) is 0 Å². The third-order valence-corrected chi connectivity index (χ3v) is 5.75. The predicted octanol–water partition coefficient (Wildman–Crippen LogP) is 5.39. The number of carbonyl (C=O) groups is 2. The standard InChI is InChI=1S/C22H34O5S/c1-26-20-15-19(16-23)21(27-2)14-18(20)12-10-8-6-4-3-5-7-9-11-13-28-17-22(24)25/h14-16H,3-13,17H2,1-2H3,(H,24,25). The number of hydrogen-bond acceptors (Lipinski definition) is 5. The molecule has 0 aliphatic heterocycles. The summed E-state index contributed by atoms with van der Waals surface area (Å²) in [5.74, 6) is 1.81. The molecule has 0 bridgehead atoms. The van der Waals surface area contributed by atoms with Crippen LogP contribution in [0.3, 0.4) is 0 Å².